The Morgan fingerprint density at radius 2 is 2.00 bits per heavy atom. The van der Waals surface area contributed by atoms with E-state index in [-0.39, 0.29) is 12.2 Å². The van der Waals surface area contributed by atoms with E-state index in [1.54, 1.807) is 13.2 Å². The Balaban J connectivity index is 2.43. The second-order valence-corrected chi connectivity index (χ2v) is 5.50. The van der Waals surface area contributed by atoms with Crippen LogP contribution in [0.1, 0.15) is 25.3 Å². The summed E-state index contributed by atoms with van der Waals surface area (Å²) in [7, 11) is 1.65. The smallest absolute Gasteiger partial charge is 0.122 e. The van der Waals surface area contributed by atoms with E-state index in [1.165, 1.54) is 0 Å². The molecule has 1 rings (SSSR count). The number of rotatable bonds is 13. The van der Waals surface area contributed by atoms with Crippen molar-refractivity contribution in [2.45, 2.75) is 38.6 Å². The molecule has 0 aliphatic rings. The van der Waals surface area contributed by atoms with E-state index < -0.39 is 0 Å². The number of aldehydes is 1. The number of hydrogen-bond acceptors (Lipinski definition) is 4. The number of hydrogen-bond donors (Lipinski definition) is 0. The summed E-state index contributed by atoms with van der Waals surface area (Å²) in [6, 6.07) is 9.99. The summed E-state index contributed by atoms with van der Waals surface area (Å²) in [6.45, 7) is 7.12. The quantitative estimate of drug-likeness (QED) is 0.408. The van der Waals surface area contributed by atoms with Crippen molar-refractivity contribution < 1.29 is 19.0 Å². The highest BCUT2D eigenvalue weighted by molar-refractivity contribution is 5.50. The molecule has 0 saturated heterocycles. The number of ether oxygens (including phenoxy) is 3. The van der Waals surface area contributed by atoms with Crippen LogP contribution in [0, 0.1) is 0 Å². The van der Waals surface area contributed by atoms with Gasteiger partial charge in [-0.3, -0.25) is 0 Å². The molecule has 0 radical (unpaired) electrons. The van der Waals surface area contributed by atoms with Crippen LogP contribution in [-0.2, 0) is 25.6 Å². The maximum atomic E-state index is 10.9. The summed E-state index contributed by atoms with van der Waals surface area (Å²) < 4.78 is 17.0. The first-order valence-electron chi connectivity index (χ1n) is 8.20. The largest absolute Gasteiger partial charge is 0.379 e. The van der Waals surface area contributed by atoms with Gasteiger partial charge in [-0.1, -0.05) is 49.1 Å². The van der Waals surface area contributed by atoms with Crippen LogP contribution in [-0.4, -0.2) is 38.8 Å². The fourth-order valence-corrected chi connectivity index (χ4v) is 2.22. The van der Waals surface area contributed by atoms with Crippen molar-refractivity contribution >= 4 is 6.29 Å². The van der Waals surface area contributed by atoms with Crippen molar-refractivity contribution in [2.75, 3.05) is 20.3 Å². The Labute approximate surface area is 145 Å². The molecule has 0 spiro atoms. The predicted octanol–water partition coefficient (Wildman–Crippen LogP) is 3.71. The van der Waals surface area contributed by atoms with Crippen molar-refractivity contribution in [2.24, 2.45) is 0 Å². The van der Waals surface area contributed by atoms with E-state index in [4.69, 9.17) is 14.2 Å². The summed E-state index contributed by atoms with van der Waals surface area (Å²) in [5, 5.41) is 0. The van der Waals surface area contributed by atoms with Crippen molar-refractivity contribution in [3.8, 4) is 0 Å². The lowest BCUT2D eigenvalue weighted by Gasteiger charge is -2.22. The van der Waals surface area contributed by atoms with Crippen LogP contribution in [0.3, 0.4) is 0 Å². The maximum absolute atomic E-state index is 10.9. The molecule has 0 N–H and O–H groups in total. The highest BCUT2D eigenvalue weighted by atomic mass is 16.5. The zero-order valence-electron chi connectivity index (χ0n) is 14.6. The molecule has 0 aliphatic carbocycles. The lowest BCUT2D eigenvalue weighted by Crippen LogP contribution is -2.27. The number of allylic oxidation sites excluding steroid dienone is 1. The van der Waals surface area contributed by atoms with E-state index in [9.17, 15) is 4.79 Å². The molecular weight excluding hydrogens is 304 g/mol. The molecule has 0 fully saturated rings. The molecule has 1 aromatic carbocycles. The molecule has 0 saturated carbocycles. The third kappa shape index (κ3) is 8.20. The molecule has 4 nitrogen and oxygen atoms in total. The van der Waals surface area contributed by atoms with Gasteiger partial charge in [0.1, 0.15) is 6.29 Å². The summed E-state index contributed by atoms with van der Waals surface area (Å²) in [5.74, 6) is 0. The normalized spacial score (nSPS) is 14.2. The molecule has 2 atom stereocenters. The second-order valence-electron chi connectivity index (χ2n) is 5.50. The van der Waals surface area contributed by atoms with Gasteiger partial charge in [0.05, 0.1) is 32.0 Å². The predicted molar refractivity (Wildman–Crippen MR) is 95.9 cm³/mol. The first kappa shape index (κ1) is 20.3. The van der Waals surface area contributed by atoms with Crippen LogP contribution in [0.15, 0.2) is 54.6 Å². The fraction of sp³-hybridized carbons (Fsp3) is 0.450. The molecule has 2 unspecified atom stereocenters. The average Bonchev–Trinajstić information content (AvgIpc) is 2.62. The average molecular weight is 332 g/mol. The zero-order valence-corrected chi connectivity index (χ0v) is 14.6. The van der Waals surface area contributed by atoms with Crippen LogP contribution in [0.4, 0.5) is 0 Å². The minimum absolute atomic E-state index is 0.114. The lowest BCUT2D eigenvalue weighted by atomic mass is 10.1. The van der Waals surface area contributed by atoms with Crippen LogP contribution < -0.4 is 0 Å². The number of carbonyl (C=O) groups excluding carboxylic acids is 1. The van der Waals surface area contributed by atoms with Crippen LogP contribution in [0.5, 0.6) is 0 Å². The van der Waals surface area contributed by atoms with Gasteiger partial charge in [0.15, 0.2) is 0 Å². The van der Waals surface area contributed by atoms with Gasteiger partial charge in [0.25, 0.3) is 0 Å². The molecule has 1 aromatic rings. The Hall–Kier alpha value is -1.75. The third-order valence-electron chi connectivity index (χ3n) is 3.75. The Bertz CT molecular complexity index is 496. The highest BCUT2D eigenvalue weighted by Gasteiger charge is 2.17. The molecule has 4 heteroatoms. The first-order chi connectivity index (χ1) is 11.7. The molecule has 0 bridgehead atoms. The van der Waals surface area contributed by atoms with Gasteiger partial charge in [-0.25, -0.2) is 0 Å². The molecule has 0 aliphatic heterocycles. The van der Waals surface area contributed by atoms with Crippen LogP contribution >= 0.6 is 0 Å². The zero-order chi connectivity index (χ0) is 17.6. The Morgan fingerprint density at radius 1 is 1.25 bits per heavy atom. The van der Waals surface area contributed by atoms with Gasteiger partial charge in [-0.05, 0) is 18.1 Å². The van der Waals surface area contributed by atoms with Gasteiger partial charge in [0.2, 0.25) is 0 Å². The Kier molecular flexibility index (Phi) is 10.7. The van der Waals surface area contributed by atoms with E-state index in [0.717, 1.165) is 17.4 Å². The third-order valence-corrected chi connectivity index (χ3v) is 3.75. The van der Waals surface area contributed by atoms with Gasteiger partial charge in [0, 0.05) is 20.0 Å². The SMILES string of the molecule is C=C/C(=C\C)COC(CC=O)CC(COCc1ccccc1)OC. The van der Waals surface area contributed by atoms with Gasteiger partial charge in [-0.2, -0.15) is 0 Å². The van der Waals surface area contributed by atoms with Gasteiger partial charge >= 0.3 is 0 Å². The standard InChI is InChI=1S/C20H28O4/c1-4-17(5-2)15-24-19(11-12-21)13-20(22-3)16-23-14-18-9-7-6-8-10-18/h4-10,12,19-20H,1,11,13-16H2,2-3H3/b17-5+. The number of methoxy groups -OCH3 is 1. The molecule has 0 heterocycles. The van der Waals surface area contributed by atoms with Crippen molar-refractivity contribution in [1.29, 1.82) is 0 Å². The van der Waals surface area contributed by atoms with Crippen LogP contribution in [0.2, 0.25) is 0 Å². The highest BCUT2D eigenvalue weighted by Crippen LogP contribution is 2.12. The fourth-order valence-electron chi connectivity index (χ4n) is 2.22. The maximum Gasteiger partial charge on any atom is 0.122 e. The topological polar surface area (TPSA) is 44.8 Å². The van der Waals surface area contributed by atoms with E-state index >= 15 is 0 Å². The minimum Gasteiger partial charge on any atom is -0.379 e. The van der Waals surface area contributed by atoms with Crippen molar-refractivity contribution in [3.05, 3.63) is 60.2 Å². The van der Waals surface area contributed by atoms with Gasteiger partial charge in [-0.15, -0.1) is 0 Å². The first-order valence-corrected chi connectivity index (χ1v) is 8.20. The van der Waals surface area contributed by atoms with E-state index in [1.807, 2.05) is 43.3 Å². The Morgan fingerprint density at radius 3 is 2.58 bits per heavy atom. The lowest BCUT2D eigenvalue weighted by molar-refractivity contribution is -0.111. The van der Waals surface area contributed by atoms with Crippen molar-refractivity contribution in [1.82, 2.24) is 0 Å². The van der Waals surface area contributed by atoms with Gasteiger partial charge < -0.3 is 19.0 Å². The number of carbonyl (C=O) groups is 1. The monoisotopic (exact) mass is 332 g/mol. The molecule has 0 amide bonds. The summed E-state index contributed by atoms with van der Waals surface area (Å²) in [4.78, 5) is 10.9. The van der Waals surface area contributed by atoms with E-state index in [2.05, 4.69) is 6.58 Å². The second kappa shape index (κ2) is 12.6. The minimum atomic E-state index is -0.192. The van der Waals surface area contributed by atoms with E-state index in [0.29, 0.717) is 32.7 Å². The summed E-state index contributed by atoms with van der Waals surface area (Å²) in [6.07, 6.45) is 5.23. The molecule has 24 heavy (non-hydrogen) atoms. The summed E-state index contributed by atoms with van der Waals surface area (Å²) >= 11 is 0. The molecular formula is C20H28O4. The molecule has 0 aromatic heterocycles. The molecule has 132 valence electrons. The number of benzene rings is 1. The summed E-state index contributed by atoms with van der Waals surface area (Å²) in [5.41, 5.74) is 2.12. The van der Waals surface area contributed by atoms with Crippen LogP contribution in [0.25, 0.3) is 0 Å². The van der Waals surface area contributed by atoms with Crippen molar-refractivity contribution in [3.63, 3.8) is 0 Å².